The smallest absolute Gasteiger partial charge is 0.183 e. The summed E-state index contributed by atoms with van der Waals surface area (Å²) < 4.78 is 10.8. The molecule has 1 heterocycles. The van der Waals surface area contributed by atoms with Gasteiger partial charge in [-0.15, -0.1) is 10.2 Å². The largest absolute Gasteiger partial charge is 0.382 e. The fourth-order valence-corrected chi connectivity index (χ4v) is 1.73. The van der Waals surface area contributed by atoms with E-state index in [2.05, 4.69) is 26.1 Å². The van der Waals surface area contributed by atoms with Gasteiger partial charge in [-0.3, -0.25) is 0 Å². The number of halogens is 1. The zero-order valence-corrected chi connectivity index (χ0v) is 9.02. The Bertz CT molecular complexity index is 231. The zero-order chi connectivity index (χ0) is 8.81. The molecule has 68 valence electrons. The van der Waals surface area contributed by atoms with Gasteiger partial charge in [0.2, 0.25) is 0 Å². The molecule has 0 saturated heterocycles. The number of nitrogens with zero attached hydrogens (tertiary/aromatic N) is 2. The molecule has 6 heteroatoms. The Labute approximate surface area is 83.0 Å². The summed E-state index contributed by atoms with van der Waals surface area (Å²) in [5, 5.41) is 8.53. The third-order valence-corrected chi connectivity index (χ3v) is 2.43. The lowest BCUT2D eigenvalue weighted by molar-refractivity contribution is 0.0613. The van der Waals surface area contributed by atoms with Gasteiger partial charge >= 0.3 is 0 Å². The molecule has 1 rings (SSSR count). The maximum absolute atomic E-state index is 5.24. The van der Waals surface area contributed by atoms with E-state index in [1.165, 1.54) is 11.3 Å². The Balaban J connectivity index is 2.15. The molecule has 0 saturated carbocycles. The third-order valence-electron chi connectivity index (χ3n) is 1.10. The zero-order valence-electron chi connectivity index (χ0n) is 6.62. The average molecular weight is 253 g/mol. The number of hydrogen-bond acceptors (Lipinski definition) is 5. The van der Waals surface area contributed by atoms with Gasteiger partial charge in [0.25, 0.3) is 0 Å². The standard InChI is InChI=1S/C6H9BrN2O2S/c1-10-2-3-11-4-5-8-9-6(7)12-5/h2-4H2,1H3. The van der Waals surface area contributed by atoms with E-state index < -0.39 is 0 Å². The van der Waals surface area contributed by atoms with Crippen molar-refractivity contribution in [3.63, 3.8) is 0 Å². The second-order valence-electron chi connectivity index (χ2n) is 1.99. The van der Waals surface area contributed by atoms with Crippen LogP contribution >= 0.6 is 27.3 Å². The van der Waals surface area contributed by atoms with Crippen molar-refractivity contribution in [1.29, 1.82) is 0 Å². The van der Waals surface area contributed by atoms with E-state index in [1.807, 2.05) is 0 Å². The van der Waals surface area contributed by atoms with Crippen LogP contribution in [-0.4, -0.2) is 30.5 Å². The fraction of sp³-hybridized carbons (Fsp3) is 0.667. The van der Waals surface area contributed by atoms with Crippen molar-refractivity contribution in [3.05, 3.63) is 8.92 Å². The second kappa shape index (κ2) is 5.58. The van der Waals surface area contributed by atoms with E-state index in [1.54, 1.807) is 7.11 Å². The number of ether oxygens (including phenoxy) is 2. The highest BCUT2D eigenvalue weighted by Crippen LogP contribution is 2.15. The lowest BCUT2D eigenvalue weighted by Gasteiger charge is -1.98. The van der Waals surface area contributed by atoms with E-state index in [9.17, 15) is 0 Å². The quantitative estimate of drug-likeness (QED) is 0.745. The van der Waals surface area contributed by atoms with Crippen LogP contribution in [0.3, 0.4) is 0 Å². The van der Waals surface area contributed by atoms with Gasteiger partial charge in [0, 0.05) is 7.11 Å². The van der Waals surface area contributed by atoms with E-state index in [0.717, 1.165) is 8.92 Å². The molecule has 0 radical (unpaired) electrons. The molecule has 0 amide bonds. The van der Waals surface area contributed by atoms with E-state index >= 15 is 0 Å². The first kappa shape index (κ1) is 10.0. The molecule has 0 fully saturated rings. The summed E-state index contributed by atoms with van der Waals surface area (Å²) in [4.78, 5) is 0. The van der Waals surface area contributed by atoms with Crippen LogP contribution in [0.15, 0.2) is 3.92 Å². The van der Waals surface area contributed by atoms with Crippen LogP contribution in [0.25, 0.3) is 0 Å². The van der Waals surface area contributed by atoms with Crippen molar-refractivity contribution in [2.24, 2.45) is 0 Å². The number of methoxy groups -OCH3 is 1. The molecule has 4 nitrogen and oxygen atoms in total. The normalized spacial score (nSPS) is 10.5. The second-order valence-corrected chi connectivity index (χ2v) is 4.33. The number of rotatable bonds is 5. The Morgan fingerprint density at radius 2 is 2.25 bits per heavy atom. The summed E-state index contributed by atoms with van der Waals surface area (Å²) in [5.41, 5.74) is 0. The summed E-state index contributed by atoms with van der Waals surface area (Å²) in [7, 11) is 1.64. The average Bonchev–Trinajstić information content (AvgIpc) is 2.45. The molecule has 0 aliphatic carbocycles. The highest BCUT2D eigenvalue weighted by Gasteiger charge is 2.00. The van der Waals surface area contributed by atoms with Crippen LogP contribution in [0.5, 0.6) is 0 Å². The van der Waals surface area contributed by atoms with Crippen molar-refractivity contribution in [1.82, 2.24) is 10.2 Å². The highest BCUT2D eigenvalue weighted by atomic mass is 79.9. The lowest BCUT2D eigenvalue weighted by Crippen LogP contribution is -2.01. The van der Waals surface area contributed by atoms with Crippen molar-refractivity contribution in [3.8, 4) is 0 Å². The molecule has 0 bridgehead atoms. The number of hydrogen-bond donors (Lipinski definition) is 0. The molecular weight excluding hydrogens is 244 g/mol. The number of aromatic nitrogens is 2. The van der Waals surface area contributed by atoms with Crippen molar-refractivity contribution < 1.29 is 9.47 Å². The summed E-state index contributed by atoms with van der Waals surface area (Å²) >= 11 is 4.69. The van der Waals surface area contributed by atoms with Gasteiger partial charge in [0.15, 0.2) is 3.92 Å². The minimum Gasteiger partial charge on any atom is -0.382 e. The maximum Gasteiger partial charge on any atom is 0.183 e. The first-order valence-electron chi connectivity index (χ1n) is 3.37. The van der Waals surface area contributed by atoms with Crippen LogP contribution in [0.2, 0.25) is 0 Å². The first-order valence-corrected chi connectivity index (χ1v) is 4.98. The van der Waals surface area contributed by atoms with Crippen LogP contribution in [0, 0.1) is 0 Å². The fourth-order valence-electron chi connectivity index (χ4n) is 0.593. The summed E-state index contributed by atoms with van der Waals surface area (Å²) in [5.74, 6) is 0. The maximum atomic E-state index is 5.24. The molecule has 0 spiro atoms. The molecule has 0 aliphatic rings. The minimum absolute atomic E-state index is 0.507. The minimum atomic E-state index is 0.507. The Morgan fingerprint density at radius 3 is 2.83 bits per heavy atom. The van der Waals surface area contributed by atoms with Crippen LogP contribution < -0.4 is 0 Å². The van der Waals surface area contributed by atoms with Crippen LogP contribution in [0.4, 0.5) is 0 Å². The van der Waals surface area contributed by atoms with E-state index in [0.29, 0.717) is 19.8 Å². The summed E-state index contributed by atoms with van der Waals surface area (Å²) in [6.45, 7) is 1.71. The van der Waals surface area contributed by atoms with E-state index in [-0.39, 0.29) is 0 Å². The molecule has 0 aromatic carbocycles. The first-order chi connectivity index (χ1) is 5.83. The van der Waals surface area contributed by atoms with Crippen molar-refractivity contribution in [2.45, 2.75) is 6.61 Å². The SMILES string of the molecule is COCCOCc1nnc(Br)s1. The predicted octanol–water partition coefficient (Wildman–Crippen LogP) is 1.46. The van der Waals surface area contributed by atoms with Gasteiger partial charge in [-0.05, 0) is 15.9 Å². The Kier molecular flexibility index (Phi) is 4.67. The van der Waals surface area contributed by atoms with Gasteiger partial charge in [-0.25, -0.2) is 0 Å². The molecule has 1 aromatic rings. The van der Waals surface area contributed by atoms with Gasteiger partial charge in [-0.1, -0.05) is 11.3 Å². The lowest BCUT2D eigenvalue weighted by atomic mass is 10.7. The Hall–Kier alpha value is -0.0400. The monoisotopic (exact) mass is 252 g/mol. The molecule has 1 aromatic heterocycles. The molecule has 0 aliphatic heterocycles. The third kappa shape index (κ3) is 3.57. The molecule has 0 N–H and O–H groups in total. The topological polar surface area (TPSA) is 44.2 Å². The van der Waals surface area contributed by atoms with Crippen molar-refractivity contribution in [2.75, 3.05) is 20.3 Å². The van der Waals surface area contributed by atoms with Gasteiger partial charge in [0.05, 0.1) is 13.2 Å². The molecule has 0 unspecified atom stereocenters. The van der Waals surface area contributed by atoms with Crippen molar-refractivity contribution >= 4 is 27.3 Å². The predicted molar refractivity (Wildman–Crippen MR) is 49.1 cm³/mol. The Morgan fingerprint density at radius 1 is 1.42 bits per heavy atom. The summed E-state index contributed by atoms with van der Waals surface area (Å²) in [6, 6.07) is 0. The highest BCUT2D eigenvalue weighted by molar-refractivity contribution is 9.11. The van der Waals surface area contributed by atoms with Gasteiger partial charge in [0.1, 0.15) is 11.6 Å². The van der Waals surface area contributed by atoms with Gasteiger partial charge < -0.3 is 9.47 Å². The molecule has 12 heavy (non-hydrogen) atoms. The molecular formula is C6H9BrN2O2S. The molecule has 0 atom stereocenters. The van der Waals surface area contributed by atoms with E-state index in [4.69, 9.17) is 9.47 Å². The van der Waals surface area contributed by atoms with Gasteiger partial charge in [-0.2, -0.15) is 0 Å². The van der Waals surface area contributed by atoms with Crippen LogP contribution in [0.1, 0.15) is 5.01 Å². The van der Waals surface area contributed by atoms with Crippen LogP contribution in [-0.2, 0) is 16.1 Å². The summed E-state index contributed by atoms with van der Waals surface area (Å²) in [6.07, 6.45) is 0.